The van der Waals surface area contributed by atoms with E-state index in [-0.39, 0.29) is 12.1 Å². The molecule has 2 N–H and O–H groups in total. The highest BCUT2D eigenvalue weighted by atomic mass is 35.5. The van der Waals surface area contributed by atoms with Crippen LogP contribution in [0.2, 0.25) is 10.0 Å². The van der Waals surface area contributed by atoms with Crippen LogP contribution in [0.25, 0.3) is 0 Å². The summed E-state index contributed by atoms with van der Waals surface area (Å²) < 4.78 is 5.81. The second-order valence-electron chi connectivity index (χ2n) is 7.54. The lowest BCUT2D eigenvalue weighted by Gasteiger charge is -2.33. The quantitative estimate of drug-likeness (QED) is 0.689. The molecule has 0 saturated heterocycles. The standard InChI is InChI=1S/C20H24Cl2N2O3/c1-10-4-6-14(8-11(10)2)27-19(25)17-12(3)23-20(26)24-18(17)13-5-7-15(21)16(22)9-13/h5,7,9-11,14,18H,4,6,8H2,1-3H3,(H2,23,24,26). The van der Waals surface area contributed by atoms with Gasteiger partial charge in [0, 0.05) is 5.70 Å². The van der Waals surface area contributed by atoms with E-state index in [1.807, 2.05) is 0 Å². The largest absolute Gasteiger partial charge is 0.459 e. The number of hydrogen-bond donors (Lipinski definition) is 2. The van der Waals surface area contributed by atoms with Gasteiger partial charge in [0.1, 0.15) is 6.10 Å². The predicted molar refractivity (Wildman–Crippen MR) is 106 cm³/mol. The van der Waals surface area contributed by atoms with Gasteiger partial charge in [0.25, 0.3) is 0 Å². The van der Waals surface area contributed by atoms with Crippen LogP contribution in [-0.4, -0.2) is 18.1 Å². The summed E-state index contributed by atoms with van der Waals surface area (Å²) in [6, 6.07) is 4.04. The minimum absolute atomic E-state index is 0.101. The Bertz CT molecular complexity index is 793. The fraction of sp³-hybridized carbons (Fsp3) is 0.500. The summed E-state index contributed by atoms with van der Waals surface area (Å²) in [7, 11) is 0. The molecule has 0 spiro atoms. The van der Waals surface area contributed by atoms with Crippen molar-refractivity contribution in [2.45, 2.75) is 52.2 Å². The van der Waals surface area contributed by atoms with Crippen molar-refractivity contribution >= 4 is 35.2 Å². The topological polar surface area (TPSA) is 67.4 Å². The van der Waals surface area contributed by atoms with Gasteiger partial charge in [0.05, 0.1) is 21.7 Å². The number of hydrogen-bond acceptors (Lipinski definition) is 3. The molecule has 2 aliphatic rings. The lowest BCUT2D eigenvalue weighted by molar-refractivity contribution is -0.147. The number of carbonyl (C=O) groups excluding carboxylic acids is 2. The zero-order chi connectivity index (χ0) is 19.7. The second-order valence-corrected chi connectivity index (χ2v) is 8.35. The van der Waals surface area contributed by atoms with E-state index in [4.69, 9.17) is 27.9 Å². The van der Waals surface area contributed by atoms with Gasteiger partial charge in [-0.2, -0.15) is 0 Å². The number of benzene rings is 1. The Morgan fingerprint density at radius 1 is 1.15 bits per heavy atom. The van der Waals surface area contributed by atoms with Gasteiger partial charge in [-0.25, -0.2) is 9.59 Å². The summed E-state index contributed by atoms with van der Waals surface area (Å²) in [5.74, 6) is 0.741. The molecule has 1 heterocycles. The van der Waals surface area contributed by atoms with E-state index in [0.29, 0.717) is 38.7 Å². The maximum absolute atomic E-state index is 13.0. The molecule has 5 nitrogen and oxygen atoms in total. The molecule has 1 saturated carbocycles. The van der Waals surface area contributed by atoms with Crippen molar-refractivity contribution in [3.63, 3.8) is 0 Å². The first kappa shape index (κ1) is 20.0. The van der Waals surface area contributed by atoms with Crippen LogP contribution in [0.1, 0.15) is 51.6 Å². The summed E-state index contributed by atoms with van der Waals surface area (Å²) in [5.41, 5.74) is 1.55. The molecule has 0 aromatic heterocycles. The van der Waals surface area contributed by atoms with Crippen molar-refractivity contribution in [3.8, 4) is 0 Å². The summed E-state index contributed by atoms with van der Waals surface area (Å²) >= 11 is 12.1. The minimum Gasteiger partial charge on any atom is -0.459 e. The minimum atomic E-state index is -0.638. The average molecular weight is 411 g/mol. The second kappa shape index (κ2) is 8.11. The number of amides is 2. The third-order valence-corrected chi connectivity index (χ3v) is 6.33. The third kappa shape index (κ3) is 4.41. The maximum Gasteiger partial charge on any atom is 0.338 e. The highest BCUT2D eigenvalue weighted by Crippen LogP contribution is 2.34. The van der Waals surface area contributed by atoms with Crippen LogP contribution in [-0.2, 0) is 9.53 Å². The summed E-state index contributed by atoms with van der Waals surface area (Å²) in [6.07, 6.45) is 2.66. The number of esters is 1. The van der Waals surface area contributed by atoms with Crippen molar-refractivity contribution in [1.82, 2.24) is 10.6 Å². The van der Waals surface area contributed by atoms with Crippen molar-refractivity contribution in [2.75, 3.05) is 0 Å². The summed E-state index contributed by atoms with van der Waals surface area (Å²) in [5, 5.41) is 6.22. The van der Waals surface area contributed by atoms with Crippen LogP contribution in [0.15, 0.2) is 29.5 Å². The summed E-state index contributed by atoms with van der Waals surface area (Å²) in [4.78, 5) is 25.0. The smallest absolute Gasteiger partial charge is 0.338 e. The van der Waals surface area contributed by atoms with Gasteiger partial charge >= 0.3 is 12.0 Å². The van der Waals surface area contributed by atoms with E-state index in [9.17, 15) is 9.59 Å². The molecule has 0 bridgehead atoms. The zero-order valence-electron chi connectivity index (χ0n) is 15.6. The van der Waals surface area contributed by atoms with Crippen LogP contribution >= 0.6 is 23.2 Å². The molecular formula is C20H24Cl2N2O3. The molecule has 1 aliphatic carbocycles. The molecule has 0 radical (unpaired) electrons. The van der Waals surface area contributed by atoms with E-state index in [1.54, 1.807) is 25.1 Å². The lowest BCUT2D eigenvalue weighted by atomic mass is 9.80. The van der Waals surface area contributed by atoms with Crippen LogP contribution in [0.4, 0.5) is 4.79 Å². The van der Waals surface area contributed by atoms with Crippen molar-refractivity contribution in [1.29, 1.82) is 0 Å². The Labute approximate surface area is 169 Å². The Hall–Kier alpha value is -1.72. The molecule has 2 amide bonds. The number of allylic oxidation sites excluding steroid dienone is 1. The van der Waals surface area contributed by atoms with Crippen LogP contribution < -0.4 is 10.6 Å². The first-order valence-electron chi connectivity index (χ1n) is 9.20. The number of rotatable bonds is 3. The number of ether oxygens (including phenoxy) is 1. The molecule has 3 rings (SSSR count). The lowest BCUT2D eigenvalue weighted by Crippen LogP contribution is -2.45. The predicted octanol–water partition coefficient (Wildman–Crippen LogP) is 4.99. The molecule has 146 valence electrons. The number of urea groups is 1. The number of nitrogens with one attached hydrogen (secondary N) is 2. The van der Waals surface area contributed by atoms with Gasteiger partial charge in [-0.1, -0.05) is 43.1 Å². The third-order valence-electron chi connectivity index (χ3n) is 5.59. The molecular weight excluding hydrogens is 387 g/mol. The Kier molecular flexibility index (Phi) is 6.02. The highest BCUT2D eigenvalue weighted by molar-refractivity contribution is 6.42. The van der Waals surface area contributed by atoms with Crippen molar-refractivity contribution < 1.29 is 14.3 Å². The number of carbonyl (C=O) groups is 2. The van der Waals surface area contributed by atoms with Crippen molar-refractivity contribution in [2.24, 2.45) is 11.8 Å². The van der Waals surface area contributed by atoms with Crippen LogP contribution in [0.5, 0.6) is 0 Å². The molecule has 1 aromatic rings. The van der Waals surface area contributed by atoms with Gasteiger partial charge in [-0.15, -0.1) is 0 Å². The molecule has 4 atom stereocenters. The number of halogens is 2. The van der Waals surface area contributed by atoms with Gasteiger partial charge < -0.3 is 15.4 Å². The van der Waals surface area contributed by atoms with Gasteiger partial charge in [0.2, 0.25) is 0 Å². The molecule has 27 heavy (non-hydrogen) atoms. The van der Waals surface area contributed by atoms with E-state index in [2.05, 4.69) is 24.5 Å². The monoisotopic (exact) mass is 410 g/mol. The zero-order valence-corrected chi connectivity index (χ0v) is 17.2. The van der Waals surface area contributed by atoms with Gasteiger partial charge in [0.15, 0.2) is 0 Å². The molecule has 7 heteroatoms. The summed E-state index contributed by atoms with van der Waals surface area (Å²) in [6.45, 7) is 6.12. The van der Waals surface area contributed by atoms with Crippen LogP contribution in [0, 0.1) is 11.8 Å². The van der Waals surface area contributed by atoms with Gasteiger partial charge in [-0.05, 0) is 55.7 Å². The molecule has 1 aromatic carbocycles. The van der Waals surface area contributed by atoms with Crippen molar-refractivity contribution in [3.05, 3.63) is 45.1 Å². The first-order valence-corrected chi connectivity index (χ1v) is 9.96. The Morgan fingerprint density at radius 2 is 1.89 bits per heavy atom. The van der Waals surface area contributed by atoms with Crippen LogP contribution in [0.3, 0.4) is 0 Å². The van der Waals surface area contributed by atoms with Gasteiger partial charge in [-0.3, -0.25) is 0 Å². The first-order chi connectivity index (χ1) is 12.8. The SMILES string of the molecule is CC1=C(C(=O)OC2CCC(C)C(C)C2)C(c2ccc(Cl)c(Cl)c2)NC(=O)N1. The maximum atomic E-state index is 13.0. The fourth-order valence-corrected chi connectivity index (χ4v) is 4.03. The van der Waals surface area contributed by atoms with E-state index in [1.165, 1.54) is 0 Å². The molecule has 1 fully saturated rings. The van der Waals surface area contributed by atoms with E-state index >= 15 is 0 Å². The Balaban J connectivity index is 1.85. The fourth-order valence-electron chi connectivity index (χ4n) is 3.73. The molecule has 1 aliphatic heterocycles. The highest BCUT2D eigenvalue weighted by Gasteiger charge is 2.35. The molecule has 4 unspecified atom stereocenters. The average Bonchev–Trinajstić information content (AvgIpc) is 2.59. The van der Waals surface area contributed by atoms with E-state index < -0.39 is 12.0 Å². The Morgan fingerprint density at radius 3 is 2.56 bits per heavy atom. The normalized spacial score (nSPS) is 28.4. The van der Waals surface area contributed by atoms with E-state index in [0.717, 1.165) is 19.3 Å².